The summed E-state index contributed by atoms with van der Waals surface area (Å²) in [5, 5.41) is 17.1. The number of allylic oxidation sites excluding steroid dienone is 1. The van der Waals surface area contributed by atoms with Crippen molar-refractivity contribution in [2.24, 2.45) is 0 Å². The van der Waals surface area contributed by atoms with E-state index in [2.05, 4.69) is 22.8 Å². The van der Waals surface area contributed by atoms with Crippen LogP contribution in [0.4, 0.5) is 11.4 Å². The summed E-state index contributed by atoms with van der Waals surface area (Å²) in [6.45, 7) is 0. The fourth-order valence-corrected chi connectivity index (χ4v) is 4.41. The second-order valence-corrected chi connectivity index (χ2v) is 7.67. The Morgan fingerprint density at radius 3 is 2.31 bits per heavy atom. The highest BCUT2D eigenvalue weighted by Crippen LogP contribution is 2.44. The normalized spacial score (nSPS) is 20.8. The monoisotopic (exact) mass is 382 g/mol. The largest absolute Gasteiger partial charge is 0.508 e. The predicted octanol–water partition coefficient (Wildman–Crippen LogP) is 5.37. The molecule has 0 amide bonds. The van der Waals surface area contributed by atoms with E-state index in [0.29, 0.717) is 6.42 Å². The van der Waals surface area contributed by atoms with E-state index in [0.717, 1.165) is 34.6 Å². The number of hydrogen-bond donors (Lipinski definition) is 3. The molecule has 1 heterocycles. The average Bonchev–Trinajstić information content (AvgIpc) is 2.91. The van der Waals surface area contributed by atoms with Crippen molar-refractivity contribution >= 4 is 17.2 Å². The highest BCUT2D eigenvalue weighted by Gasteiger charge is 2.36. The minimum absolute atomic E-state index is 0.140. The maximum atomic E-state index is 13.4. The number of anilines is 2. The van der Waals surface area contributed by atoms with E-state index in [1.165, 1.54) is 5.56 Å². The second kappa shape index (κ2) is 7.13. The molecule has 0 aromatic heterocycles. The third-order valence-electron chi connectivity index (χ3n) is 5.78. The Bertz CT molecular complexity index is 1100. The van der Waals surface area contributed by atoms with Gasteiger partial charge in [0.15, 0.2) is 5.78 Å². The smallest absolute Gasteiger partial charge is 0.163 e. The van der Waals surface area contributed by atoms with Crippen LogP contribution in [0.2, 0.25) is 0 Å². The van der Waals surface area contributed by atoms with Crippen LogP contribution in [0.1, 0.15) is 35.9 Å². The van der Waals surface area contributed by atoms with Crippen LogP contribution in [-0.4, -0.2) is 10.9 Å². The summed E-state index contributed by atoms with van der Waals surface area (Å²) >= 11 is 0. The fraction of sp³-hybridized carbons (Fsp3) is 0.160. The summed E-state index contributed by atoms with van der Waals surface area (Å²) in [6.07, 6.45) is 1.26. The molecule has 1 aliphatic carbocycles. The average molecular weight is 382 g/mol. The lowest BCUT2D eigenvalue weighted by Gasteiger charge is -2.30. The number of aromatic hydroxyl groups is 1. The highest BCUT2D eigenvalue weighted by atomic mass is 16.3. The van der Waals surface area contributed by atoms with Gasteiger partial charge < -0.3 is 15.7 Å². The van der Waals surface area contributed by atoms with Crippen molar-refractivity contribution in [3.05, 3.63) is 101 Å². The van der Waals surface area contributed by atoms with Crippen molar-refractivity contribution in [1.82, 2.24) is 0 Å². The van der Waals surface area contributed by atoms with E-state index in [1.807, 2.05) is 54.6 Å². The molecule has 2 aliphatic rings. The van der Waals surface area contributed by atoms with E-state index in [-0.39, 0.29) is 23.5 Å². The molecule has 3 aromatic carbocycles. The second-order valence-electron chi connectivity index (χ2n) is 7.67. The molecule has 4 heteroatoms. The lowest BCUT2D eigenvalue weighted by molar-refractivity contribution is -0.116. The maximum absolute atomic E-state index is 13.4. The molecule has 29 heavy (non-hydrogen) atoms. The topological polar surface area (TPSA) is 61.4 Å². The van der Waals surface area contributed by atoms with Gasteiger partial charge in [-0.2, -0.15) is 0 Å². The van der Waals surface area contributed by atoms with Gasteiger partial charge in [-0.1, -0.05) is 54.6 Å². The predicted molar refractivity (Wildman–Crippen MR) is 115 cm³/mol. The number of benzene rings is 3. The van der Waals surface area contributed by atoms with E-state index >= 15 is 0 Å². The van der Waals surface area contributed by atoms with Crippen LogP contribution in [0.5, 0.6) is 5.75 Å². The van der Waals surface area contributed by atoms with E-state index in [4.69, 9.17) is 0 Å². The molecule has 4 nitrogen and oxygen atoms in total. The zero-order valence-corrected chi connectivity index (χ0v) is 15.9. The van der Waals surface area contributed by atoms with Crippen LogP contribution in [0.25, 0.3) is 0 Å². The number of fused-ring (bicyclic) bond motifs is 1. The zero-order chi connectivity index (χ0) is 19.8. The Kier molecular flexibility index (Phi) is 4.32. The Balaban J connectivity index is 1.63. The first-order valence-electron chi connectivity index (χ1n) is 9.92. The van der Waals surface area contributed by atoms with Gasteiger partial charge in [-0.15, -0.1) is 0 Å². The number of hydrogen-bond acceptors (Lipinski definition) is 4. The number of phenolic OH excluding ortho intramolecular Hbond substituents is 1. The van der Waals surface area contributed by atoms with Crippen LogP contribution >= 0.6 is 0 Å². The molecule has 1 aliphatic heterocycles. The van der Waals surface area contributed by atoms with Gasteiger partial charge in [-0.3, -0.25) is 4.79 Å². The molecule has 0 unspecified atom stereocenters. The maximum Gasteiger partial charge on any atom is 0.163 e. The van der Waals surface area contributed by atoms with Crippen molar-refractivity contribution in [1.29, 1.82) is 0 Å². The summed E-state index contributed by atoms with van der Waals surface area (Å²) in [5.41, 5.74) is 5.69. The molecule has 144 valence electrons. The molecule has 0 spiro atoms. The van der Waals surface area contributed by atoms with Gasteiger partial charge in [0.1, 0.15) is 5.75 Å². The molecule has 3 N–H and O–H groups in total. The fourth-order valence-electron chi connectivity index (χ4n) is 4.41. The van der Waals surface area contributed by atoms with Crippen molar-refractivity contribution in [2.45, 2.75) is 24.8 Å². The first-order chi connectivity index (χ1) is 14.2. The van der Waals surface area contributed by atoms with Crippen molar-refractivity contribution in [2.75, 3.05) is 10.6 Å². The van der Waals surface area contributed by atoms with Gasteiger partial charge in [-0.25, -0.2) is 0 Å². The molecule has 0 radical (unpaired) electrons. The van der Waals surface area contributed by atoms with E-state index in [9.17, 15) is 9.90 Å². The Morgan fingerprint density at radius 1 is 0.793 bits per heavy atom. The quantitative estimate of drug-likeness (QED) is 0.557. The Hall–Kier alpha value is -3.53. The SMILES string of the molecule is O=C1C[C@@H](c2ccccc2)CC2=C1[C@@H](c1cccc(O)c1)Nc1ccccc1N2. The molecule has 0 fully saturated rings. The first-order valence-corrected chi connectivity index (χ1v) is 9.92. The molecule has 3 aromatic rings. The molecule has 0 saturated heterocycles. The summed E-state index contributed by atoms with van der Waals surface area (Å²) in [4.78, 5) is 13.4. The molecule has 0 bridgehead atoms. The number of carbonyl (C=O) groups excluding carboxylic acids is 1. The summed E-state index contributed by atoms with van der Waals surface area (Å²) < 4.78 is 0. The number of phenols is 1. The number of nitrogens with one attached hydrogen (secondary N) is 2. The van der Waals surface area contributed by atoms with Gasteiger partial charge in [0.2, 0.25) is 0 Å². The number of carbonyl (C=O) groups is 1. The Labute approximate surface area is 169 Å². The van der Waals surface area contributed by atoms with Crippen LogP contribution < -0.4 is 10.6 Å². The van der Waals surface area contributed by atoms with Crippen molar-refractivity contribution < 1.29 is 9.90 Å². The molecule has 0 saturated carbocycles. The molecular formula is C25H22N2O2. The van der Waals surface area contributed by atoms with Gasteiger partial charge in [-0.05, 0) is 47.7 Å². The third-order valence-corrected chi connectivity index (χ3v) is 5.78. The number of Topliss-reactive ketones (excluding diaryl/α,β-unsaturated/α-hetero) is 1. The van der Waals surface area contributed by atoms with Crippen LogP contribution in [-0.2, 0) is 4.79 Å². The minimum atomic E-state index is -0.308. The standard InChI is InChI=1S/C25H22N2O2/c28-19-10-6-9-17(13-19)25-24-22(26-20-11-4-5-12-21(20)27-25)14-18(15-23(24)29)16-7-2-1-3-8-16/h1-13,18,25-28H,14-15H2/t18-,25+/m0/s1. The number of para-hydroxylation sites is 2. The van der Waals surface area contributed by atoms with Gasteiger partial charge in [0.25, 0.3) is 0 Å². The highest BCUT2D eigenvalue weighted by molar-refractivity contribution is 6.01. The van der Waals surface area contributed by atoms with Crippen LogP contribution in [0, 0.1) is 0 Å². The number of rotatable bonds is 2. The summed E-state index contributed by atoms with van der Waals surface area (Å²) in [5.74, 6) is 0.494. The molecule has 2 atom stereocenters. The lowest BCUT2D eigenvalue weighted by atomic mass is 9.78. The van der Waals surface area contributed by atoms with Crippen LogP contribution in [0.15, 0.2) is 90.1 Å². The van der Waals surface area contributed by atoms with Crippen LogP contribution in [0.3, 0.4) is 0 Å². The first kappa shape index (κ1) is 17.6. The molecule has 5 rings (SSSR count). The van der Waals surface area contributed by atoms with E-state index < -0.39 is 0 Å². The summed E-state index contributed by atoms with van der Waals surface area (Å²) in [6, 6.07) is 25.1. The minimum Gasteiger partial charge on any atom is -0.508 e. The Morgan fingerprint density at radius 2 is 1.52 bits per heavy atom. The summed E-state index contributed by atoms with van der Waals surface area (Å²) in [7, 11) is 0. The zero-order valence-electron chi connectivity index (χ0n) is 15.9. The lowest BCUT2D eigenvalue weighted by Crippen LogP contribution is -2.26. The number of ketones is 1. The molecular weight excluding hydrogens is 360 g/mol. The van der Waals surface area contributed by atoms with Crippen molar-refractivity contribution in [3.63, 3.8) is 0 Å². The van der Waals surface area contributed by atoms with E-state index in [1.54, 1.807) is 12.1 Å². The third kappa shape index (κ3) is 3.27. The van der Waals surface area contributed by atoms with Gasteiger partial charge >= 0.3 is 0 Å². The van der Waals surface area contributed by atoms with Gasteiger partial charge in [0, 0.05) is 17.7 Å². The van der Waals surface area contributed by atoms with Crippen molar-refractivity contribution in [3.8, 4) is 5.75 Å². The van der Waals surface area contributed by atoms with Gasteiger partial charge in [0.05, 0.1) is 17.4 Å².